The molecule has 0 aromatic heterocycles. The second kappa shape index (κ2) is 8.53. The first-order chi connectivity index (χ1) is 13.4. The highest BCUT2D eigenvalue weighted by Gasteiger charge is 2.32. The first-order valence-electron chi connectivity index (χ1n) is 9.67. The molecule has 146 valence electrons. The van der Waals surface area contributed by atoms with Crippen LogP contribution in [-0.4, -0.2) is 25.5 Å². The highest BCUT2D eigenvalue weighted by molar-refractivity contribution is 5.87. The minimum atomic E-state index is -0.693. The molecule has 2 atom stereocenters. The van der Waals surface area contributed by atoms with Crippen LogP contribution in [0.15, 0.2) is 48.5 Å². The number of nitrogens with zero attached hydrogens (tertiary/aromatic N) is 1. The second-order valence-electron chi connectivity index (χ2n) is 7.94. The van der Waals surface area contributed by atoms with Crippen molar-refractivity contribution >= 4 is 5.91 Å². The number of carbonyl (C=O) groups excluding carboxylic acids is 1. The van der Waals surface area contributed by atoms with Crippen LogP contribution in [0, 0.1) is 23.1 Å². The number of nitrogens with one attached hydrogen (secondary N) is 2. The van der Waals surface area contributed by atoms with Crippen LogP contribution in [0.2, 0.25) is 0 Å². The number of amides is 1. The Hall–Kier alpha value is -2.71. The van der Waals surface area contributed by atoms with Gasteiger partial charge in [0.25, 0.3) is 0 Å². The SMILES string of the molecule is CC(C)(C(=O)NC[C@@H]1CNCC[C@@H]1c1ccc(F)cc1)c1ccc(C#N)cc1. The molecule has 0 saturated carbocycles. The van der Waals surface area contributed by atoms with E-state index in [-0.39, 0.29) is 17.6 Å². The van der Waals surface area contributed by atoms with Crippen LogP contribution in [0.3, 0.4) is 0 Å². The van der Waals surface area contributed by atoms with Crippen molar-refractivity contribution in [1.29, 1.82) is 5.26 Å². The van der Waals surface area contributed by atoms with Crippen LogP contribution in [-0.2, 0) is 10.2 Å². The molecule has 28 heavy (non-hydrogen) atoms. The lowest BCUT2D eigenvalue weighted by Gasteiger charge is -2.34. The third-order valence-corrected chi connectivity index (χ3v) is 5.73. The van der Waals surface area contributed by atoms with Crippen molar-refractivity contribution in [2.75, 3.05) is 19.6 Å². The van der Waals surface area contributed by atoms with Crippen molar-refractivity contribution in [2.45, 2.75) is 31.6 Å². The van der Waals surface area contributed by atoms with E-state index in [4.69, 9.17) is 5.26 Å². The average Bonchev–Trinajstić information content (AvgIpc) is 2.73. The Morgan fingerprint density at radius 2 is 1.89 bits per heavy atom. The van der Waals surface area contributed by atoms with Gasteiger partial charge in [-0.25, -0.2) is 4.39 Å². The minimum Gasteiger partial charge on any atom is -0.355 e. The zero-order valence-electron chi connectivity index (χ0n) is 16.3. The molecule has 1 amide bonds. The van der Waals surface area contributed by atoms with E-state index >= 15 is 0 Å². The van der Waals surface area contributed by atoms with Gasteiger partial charge in [0.15, 0.2) is 0 Å². The number of carbonyl (C=O) groups is 1. The van der Waals surface area contributed by atoms with Gasteiger partial charge in [-0.15, -0.1) is 0 Å². The second-order valence-corrected chi connectivity index (χ2v) is 7.94. The van der Waals surface area contributed by atoms with Crippen LogP contribution < -0.4 is 10.6 Å². The van der Waals surface area contributed by atoms with Gasteiger partial charge in [-0.1, -0.05) is 24.3 Å². The van der Waals surface area contributed by atoms with E-state index in [1.807, 2.05) is 38.1 Å². The topological polar surface area (TPSA) is 64.9 Å². The van der Waals surface area contributed by atoms with Crippen molar-refractivity contribution in [3.05, 3.63) is 71.0 Å². The molecule has 2 aromatic carbocycles. The molecule has 1 aliphatic rings. The predicted octanol–water partition coefficient (Wildman–Crippen LogP) is 3.48. The molecule has 0 unspecified atom stereocenters. The Labute approximate surface area is 165 Å². The highest BCUT2D eigenvalue weighted by Crippen LogP contribution is 2.30. The normalized spacial score (nSPS) is 19.6. The van der Waals surface area contributed by atoms with Gasteiger partial charge >= 0.3 is 0 Å². The Kier molecular flexibility index (Phi) is 6.11. The zero-order chi connectivity index (χ0) is 20.1. The number of hydrogen-bond donors (Lipinski definition) is 2. The van der Waals surface area contributed by atoms with Crippen LogP contribution in [0.4, 0.5) is 4.39 Å². The van der Waals surface area contributed by atoms with E-state index < -0.39 is 5.41 Å². The number of nitriles is 1. The molecule has 0 bridgehead atoms. The van der Waals surface area contributed by atoms with Crippen LogP contribution >= 0.6 is 0 Å². The smallest absolute Gasteiger partial charge is 0.230 e. The van der Waals surface area contributed by atoms with Gasteiger partial charge in [0.1, 0.15) is 5.82 Å². The third kappa shape index (κ3) is 4.40. The number of piperidine rings is 1. The summed E-state index contributed by atoms with van der Waals surface area (Å²) in [7, 11) is 0. The summed E-state index contributed by atoms with van der Waals surface area (Å²) in [6.45, 7) is 6.08. The third-order valence-electron chi connectivity index (χ3n) is 5.73. The summed E-state index contributed by atoms with van der Waals surface area (Å²) in [6, 6.07) is 15.9. The van der Waals surface area contributed by atoms with Gasteiger partial charge in [0, 0.05) is 13.1 Å². The molecule has 4 nitrogen and oxygen atoms in total. The molecule has 2 aromatic rings. The van der Waals surface area contributed by atoms with Gasteiger partial charge in [-0.05, 0) is 74.0 Å². The monoisotopic (exact) mass is 379 g/mol. The Balaban J connectivity index is 1.67. The largest absolute Gasteiger partial charge is 0.355 e. The summed E-state index contributed by atoms with van der Waals surface area (Å²) >= 11 is 0. The molecule has 1 heterocycles. The number of rotatable bonds is 5. The van der Waals surface area contributed by atoms with Crippen molar-refractivity contribution < 1.29 is 9.18 Å². The van der Waals surface area contributed by atoms with Gasteiger partial charge in [-0.3, -0.25) is 4.79 Å². The summed E-state index contributed by atoms with van der Waals surface area (Å²) in [5.41, 5.74) is 1.88. The minimum absolute atomic E-state index is 0.0411. The maximum atomic E-state index is 13.3. The fourth-order valence-corrected chi connectivity index (χ4v) is 3.82. The molecule has 1 fully saturated rings. The van der Waals surface area contributed by atoms with E-state index in [9.17, 15) is 9.18 Å². The lowest BCUT2D eigenvalue weighted by atomic mass is 9.80. The summed E-state index contributed by atoms with van der Waals surface area (Å²) < 4.78 is 13.3. The van der Waals surface area contributed by atoms with Crippen molar-refractivity contribution in [1.82, 2.24) is 10.6 Å². The van der Waals surface area contributed by atoms with Crippen LogP contribution in [0.25, 0.3) is 0 Å². The van der Waals surface area contributed by atoms with Crippen molar-refractivity contribution in [3.8, 4) is 6.07 Å². The number of halogens is 1. The molecule has 0 aliphatic carbocycles. The first kappa shape index (κ1) is 20.0. The lowest BCUT2D eigenvalue weighted by Crippen LogP contribution is -2.46. The van der Waals surface area contributed by atoms with E-state index in [0.717, 1.165) is 30.6 Å². The highest BCUT2D eigenvalue weighted by atomic mass is 19.1. The maximum absolute atomic E-state index is 13.3. The molecule has 0 spiro atoms. The molecule has 0 radical (unpaired) electrons. The van der Waals surface area contributed by atoms with E-state index in [2.05, 4.69) is 16.7 Å². The Morgan fingerprint density at radius 3 is 2.54 bits per heavy atom. The summed E-state index contributed by atoms with van der Waals surface area (Å²) in [6.07, 6.45) is 0.963. The lowest BCUT2D eigenvalue weighted by molar-refractivity contribution is -0.125. The van der Waals surface area contributed by atoms with E-state index in [1.54, 1.807) is 12.1 Å². The summed E-state index contributed by atoms with van der Waals surface area (Å²) in [5.74, 6) is 0.271. The Bertz CT molecular complexity index is 853. The fourth-order valence-electron chi connectivity index (χ4n) is 3.82. The average molecular weight is 379 g/mol. The van der Waals surface area contributed by atoms with Crippen molar-refractivity contribution in [3.63, 3.8) is 0 Å². The first-order valence-corrected chi connectivity index (χ1v) is 9.67. The van der Waals surface area contributed by atoms with Crippen LogP contribution in [0.1, 0.15) is 42.9 Å². The molecule has 5 heteroatoms. The van der Waals surface area contributed by atoms with E-state index in [0.29, 0.717) is 18.0 Å². The van der Waals surface area contributed by atoms with Gasteiger partial charge in [-0.2, -0.15) is 5.26 Å². The summed E-state index contributed by atoms with van der Waals surface area (Å²) in [5, 5.41) is 15.5. The molecule has 1 saturated heterocycles. The molecular formula is C23H26FN3O. The fraction of sp³-hybridized carbons (Fsp3) is 0.391. The number of benzene rings is 2. The molecule has 1 aliphatic heterocycles. The quantitative estimate of drug-likeness (QED) is 0.836. The van der Waals surface area contributed by atoms with E-state index in [1.165, 1.54) is 12.1 Å². The summed E-state index contributed by atoms with van der Waals surface area (Å²) in [4.78, 5) is 12.9. The van der Waals surface area contributed by atoms with Gasteiger partial charge < -0.3 is 10.6 Å². The molecule has 2 N–H and O–H groups in total. The van der Waals surface area contributed by atoms with Crippen LogP contribution in [0.5, 0.6) is 0 Å². The zero-order valence-corrected chi connectivity index (χ0v) is 16.3. The van der Waals surface area contributed by atoms with Gasteiger partial charge in [0.2, 0.25) is 5.91 Å². The predicted molar refractivity (Wildman–Crippen MR) is 107 cm³/mol. The number of hydrogen-bond acceptors (Lipinski definition) is 3. The molecular weight excluding hydrogens is 353 g/mol. The van der Waals surface area contributed by atoms with Crippen molar-refractivity contribution in [2.24, 2.45) is 5.92 Å². The van der Waals surface area contributed by atoms with Gasteiger partial charge in [0.05, 0.1) is 17.0 Å². The standard InChI is InChI=1S/C23H26FN3O/c1-23(2,19-7-3-16(13-25)4-8-19)22(28)27-15-18-14-26-12-11-21(18)17-5-9-20(24)10-6-17/h3-10,18,21,26H,11-12,14-15H2,1-2H3,(H,27,28)/t18-,21+/m0/s1. The molecule has 3 rings (SSSR count). The maximum Gasteiger partial charge on any atom is 0.230 e. The Morgan fingerprint density at radius 1 is 1.21 bits per heavy atom.